The summed E-state index contributed by atoms with van der Waals surface area (Å²) in [6.07, 6.45) is -3.26. The average molecular weight is 350 g/mol. The minimum Gasteiger partial charge on any atom is -0.322 e. The highest BCUT2D eigenvalue weighted by molar-refractivity contribution is 7.13. The smallest absolute Gasteiger partial charge is 0.322 e. The number of amides is 1. The van der Waals surface area contributed by atoms with Crippen LogP contribution in [0.25, 0.3) is 0 Å². The molecule has 0 bridgehead atoms. The highest BCUT2D eigenvalue weighted by atomic mass is 35.5. The van der Waals surface area contributed by atoms with Gasteiger partial charge in [-0.1, -0.05) is 11.6 Å². The number of carbonyl (C=O) groups is 1. The number of thiazole rings is 1. The second-order valence-corrected chi connectivity index (χ2v) is 5.97. The van der Waals surface area contributed by atoms with Gasteiger partial charge < -0.3 is 11.1 Å². The fraction of sp³-hybridized carbons (Fsp3) is 0.231. The lowest BCUT2D eigenvalue weighted by molar-refractivity contribution is -0.137. The van der Waals surface area contributed by atoms with Crippen molar-refractivity contribution in [3.63, 3.8) is 0 Å². The molecule has 4 nitrogen and oxygen atoms in total. The van der Waals surface area contributed by atoms with Crippen LogP contribution in [-0.2, 0) is 6.18 Å². The first-order chi connectivity index (χ1) is 10.2. The number of benzene rings is 1. The molecular formula is C13H11ClF3N3OS. The molecule has 0 saturated heterocycles. The van der Waals surface area contributed by atoms with Crippen molar-refractivity contribution in [3.05, 3.63) is 44.9 Å². The van der Waals surface area contributed by atoms with Gasteiger partial charge in [0.05, 0.1) is 22.8 Å². The van der Waals surface area contributed by atoms with E-state index in [0.29, 0.717) is 5.01 Å². The molecule has 0 spiro atoms. The van der Waals surface area contributed by atoms with Crippen molar-refractivity contribution in [1.82, 2.24) is 4.98 Å². The maximum atomic E-state index is 12.8. The van der Waals surface area contributed by atoms with Gasteiger partial charge in [0, 0.05) is 5.69 Å². The van der Waals surface area contributed by atoms with Crippen molar-refractivity contribution in [2.24, 2.45) is 5.73 Å². The zero-order valence-electron chi connectivity index (χ0n) is 11.2. The van der Waals surface area contributed by atoms with Crippen LogP contribution in [-0.4, -0.2) is 10.9 Å². The molecule has 9 heteroatoms. The summed E-state index contributed by atoms with van der Waals surface area (Å²) in [5, 5.41) is 2.52. The van der Waals surface area contributed by atoms with Crippen LogP contribution in [0.3, 0.4) is 0 Å². The number of carbonyl (C=O) groups excluding carboxylic acids is 1. The third-order valence-corrected chi connectivity index (χ3v) is 4.19. The van der Waals surface area contributed by atoms with Gasteiger partial charge in [0.25, 0.3) is 5.91 Å². The first-order valence-corrected chi connectivity index (χ1v) is 7.27. The summed E-state index contributed by atoms with van der Waals surface area (Å²) in [5.74, 6) is -0.556. The van der Waals surface area contributed by atoms with Crippen LogP contribution < -0.4 is 11.1 Å². The Morgan fingerprint density at radius 3 is 2.68 bits per heavy atom. The van der Waals surface area contributed by atoms with E-state index in [9.17, 15) is 18.0 Å². The topological polar surface area (TPSA) is 68.0 Å². The summed E-state index contributed by atoms with van der Waals surface area (Å²) < 4.78 is 38.3. The van der Waals surface area contributed by atoms with E-state index >= 15 is 0 Å². The molecule has 2 aromatic rings. The van der Waals surface area contributed by atoms with Gasteiger partial charge in [-0.3, -0.25) is 4.79 Å². The normalized spacial score (nSPS) is 13.0. The Morgan fingerprint density at radius 1 is 1.45 bits per heavy atom. The van der Waals surface area contributed by atoms with Gasteiger partial charge in [0.2, 0.25) is 0 Å². The zero-order chi connectivity index (χ0) is 16.5. The molecule has 1 aromatic carbocycles. The molecule has 1 atom stereocenters. The van der Waals surface area contributed by atoms with E-state index in [1.165, 1.54) is 12.3 Å². The molecule has 1 amide bonds. The van der Waals surface area contributed by atoms with Crippen LogP contribution in [0.15, 0.2) is 24.4 Å². The number of nitrogens with zero attached hydrogens (tertiary/aromatic N) is 1. The Kier molecular flexibility index (Phi) is 4.74. The molecule has 3 N–H and O–H groups in total. The number of nitrogens with one attached hydrogen (secondary N) is 1. The van der Waals surface area contributed by atoms with E-state index in [1.807, 2.05) is 0 Å². The van der Waals surface area contributed by atoms with Crippen molar-refractivity contribution < 1.29 is 18.0 Å². The van der Waals surface area contributed by atoms with Gasteiger partial charge in [-0.05, 0) is 25.1 Å². The lowest BCUT2D eigenvalue weighted by Gasteiger charge is -2.11. The molecule has 0 fully saturated rings. The third kappa shape index (κ3) is 3.76. The van der Waals surface area contributed by atoms with Crippen molar-refractivity contribution in [2.75, 3.05) is 5.32 Å². The molecular weight excluding hydrogens is 339 g/mol. The Labute approximate surface area is 133 Å². The van der Waals surface area contributed by atoms with Crippen LogP contribution in [0.1, 0.15) is 33.2 Å². The van der Waals surface area contributed by atoms with Gasteiger partial charge in [0.1, 0.15) is 9.88 Å². The molecule has 0 aliphatic rings. The maximum Gasteiger partial charge on any atom is 0.417 e. The lowest BCUT2D eigenvalue weighted by atomic mass is 10.2. The first kappa shape index (κ1) is 16.7. The summed E-state index contributed by atoms with van der Waals surface area (Å²) in [5.41, 5.74) is 4.63. The van der Waals surface area contributed by atoms with E-state index in [-0.39, 0.29) is 16.6 Å². The predicted molar refractivity (Wildman–Crippen MR) is 79.1 cm³/mol. The monoisotopic (exact) mass is 349 g/mol. The zero-order valence-corrected chi connectivity index (χ0v) is 12.8. The maximum absolute atomic E-state index is 12.8. The largest absolute Gasteiger partial charge is 0.417 e. The highest BCUT2D eigenvalue weighted by Gasteiger charge is 2.33. The summed E-state index contributed by atoms with van der Waals surface area (Å²) in [7, 11) is 0. The quantitative estimate of drug-likeness (QED) is 0.877. The van der Waals surface area contributed by atoms with E-state index in [0.717, 1.165) is 23.5 Å². The number of anilines is 1. The van der Waals surface area contributed by atoms with Gasteiger partial charge in [-0.25, -0.2) is 4.98 Å². The van der Waals surface area contributed by atoms with Crippen LogP contribution in [0.2, 0.25) is 5.02 Å². The fourth-order valence-corrected chi connectivity index (χ4v) is 2.61. The number of hydrogen-bond acceptors (Lipinski definition) is 4. The first-order valence-electron chi connectivity index (χ1n) is 6.08. The fourth-order valence-electron chi connectivity index (χ4n) is 1.62. The van der Waals surface area contributed by atoms with E-state index in [1.54, 1.807) is 6.92 Å². The third-order valence-electron chi connectivity index (χ3n) is 2.67. The molecule has 0 radical (unpaired) electrons. The van der Waals surface area contributed by atoms with E-state index in [4.69, 9.17) is 17.3 Å². The van der Waals surface area contributed by atoms with Crippen molar-refractivity contribution in [3.8, 4) is 0 Å². The second-order valence-electron chi connectivity index (χ2n) is 4.50. The summed E-state index contributed by atoms with van der Waals surface area (Å²) in [4.78, 5) is 16.2. The minimum absolute atomic E-state index is 0.00234. The molecule has 22 heavy (non-hydrogen) atoms. The Bertz CT molecular complexity index is 700. The molecule has 0 saturated carbocycles. The lowest BCUT2D eigenvalue weighted by Crippen LogP contribution is -2.12. The second kappa shape index (κ2) is 6.23. The Morgan fingerprint density at radius 2 is 2.14 bits per heavy atom. The number of halogens is 4. The SMILES string of the molecule is C[C@@H](N)c1ncc(C(=O)Nc2ccc(Cl)c(C(F)(F)F)c2)s1. The van der Waals surface area contributed by atoms with Crippen molar-refractivity contribution in [2.45, 2.75) is 19.1 Å². The van der Waals surface area contributed by atoms with Gasteiger partial charge in [0.15, 0.2) is 0 Å². The van der Waals surface area contributed by atoms with Crippen LogP contribution in [0, 0.1) is 0 Å². The summed E-state index contributed by atoms with van der Waals surface area (Å²) in [6.45, 7) is 1.72. The number of aromatic nitrogens is 1. The molecule has 1 aromatic heterocycles. The predicted octanol–water partition coefficient (Wildman–Crippen LogP) is 4.09. The molecule has 0 aliphatic carbocycles. The summed E-state index contributed by atoms with van der Waals surface area (Å²) >= 11 is 6.60. The van der Waals surface area contributed by atoms with Gasteiger partial charge >= 0.3 is 6.18 Å². The molecule has 2 rings (SSSR count). The number of nitrogens with two attached hydrogens (primary N) is 1. The average Bonchev–Trinajstić information content (AvgIpc) is 2.89. The Hall–Kier alpha value is -1.64. The minimum atomic E-state index is -4.59. The van der Waals surface area contributed by atoms with Crippen LogP contribution in [0.5, 0.6) is 0 Å². The standard InChI is InChI=1S/C13H11ClF3N3OS/c1-6(18)12-19-5-10(22-12)11(21)20-7-2-3-9(14)8(4-7)13(15,16)17/h2-6H,18H2,1H3,(H,20,21)/t6-/m1/s1. The summed E-state index contributed by atoms with van der Waals surface area (Å²) in [6, 6.07) is 2.84. The Balaban J connectivity index is 2.21. The van der Waals surface area contributed by atoms with E-state index < -0.39 is 22.7 Å². The van der Waals surface area contributed by atoms with E-state index in [2.05, 4.69) is 10.3 Å². The van der Waals surface area contributed by atoms with Crippen LogP contribution >= 0.6 is 22.9 Å². The van der Waals surface area contributed by atoms with Gasteiger partial charge in [-0.2, -0.15) is 13.2 Å². The number of rotatable bonds is 3. The number of alkyl halides is 3. The molecule has 0 unspecified atom stereocenters. The van der Waals surface area contributed by atoms with Crippen molar-refractivity contribution >= 4 is 34.5 Å². The molecule has 0 aliphatic heterocycles. The highest BCUT2D eigenvalue weighted by Crippen LogP contribution is 2.36. The molecule has 118 valence electrons. The van der Waals surface area contributed by atoms with Crippen LogP contribution in [0.4, 0.5) is 18.9 Å². The van der Waals surface area contributed by atoms with Crippen molar-refractivity contribution in [1.29, 1.82) is 0 Å². The van der Waals surface area contributed by atoms with Gasteiger partial charge in [-0.15, -0.1) is 11.3 Å². The number of hydrogen-bond donors (Lipinski definition) is 2. The molecule has 1 heterocycles.